The molecule has 2 aromatic heterocycles. The average molecular weight is 339 g/mol. The molecule has 0 fully saturated rings. The second-order valence-electron chi connectivity index (χ2n) is 5.16. The number of hydrogen-bond donors (Lipinski definition) is 0. The van der Waals surface area contributed by atoms with Crippen LogP contribution >= 0.6 is 11.6 Å². The van der Waals surface area contributed by atoms with Crippen LogP contribution in [0, 0.1) is 0 Å². The number of halogens is 1. The van der Waals surface area contributed by atoms with Gasteiger partial charge in [-0.25, -0.2) is 4.79 Å². The molecule has 118 valence electrons. The maximum Gasteiger partial charge on any atom is 0.337 e. The van der Waals surface area contributed by atoms with E-state index in [-0.39, 0.29) is 5.97 Å². The van der Waals surface area contributed by atoms with Crippen molar-refractivity contribution in [3.05, 3.63) is 59.2 Å². The minimum absolute atomic E-state index is 0.380. The van der Waals surface area contributed by atoms with Crippen molar-refractivity contribution in [3.8, 4) is 11.4 Å². The monoisotopic (exact) mass is 338 g/mol. The molecule has 0 aliphatic heterocycles. The lowest BCUT2D eigenvalue weighted by atomic mass is 10.1. The lowest BCUT2D eigenvalue weighted by Gasteiger charge is -2.04. The van der Waals surface area contributed by atoms with Crippen LogP contribution in [0.5, 0.6) is 0 Å². The second-order valence-corrected chi connectivity index (χ2v) is 5.52. The molecule has 0 saturated heterocycles. The summed E-state index contributed by atoms with van der Waals surface area (Å²) in [4.78, 5) is 11.5. The lowest BCUT2D eigenvalue weighted by Crippen LogP contribution is -2.01. The Hall–Kier alpha value is -2.99. The fraction of sp³-hybridized carbons (Fsp3) is 0.0588. The van der Waals surface area contributed by atoms with Crippen molar-refractivity contribution < 1.29 is 9.53 Å². The summed E-state index contributed by atoms with van der Waals surface area (Å²) in [5, 5.41) is 14.9. The van der Waals surface area contributed by atoms with Crippen molar-refractivity contribution in [2.45, 2.75) is 0 Å². The van der Waals surface area contributed by atoms with Crippen LogP contribution in [0.25, 0.3) is 27.8 Å². The zero-order valence-electron chi connectivity index (χ0n) is 12.6. The standard InChI is InChI=1S/C17H11ClN4O2/c1-24-17(23)11-8-6-10(7-9-11)15-19-20-16-13-5-3-2-4-12(13)14(18)21-22(15)16/h2-9H,1H3. The molecule has 0 atom stereocenters. The highest BCUT2D eigenvalue weighted by Crippen LogP contribution is 2.27. The van der Waals surface area contributed by atoms with E-state index >= 15 is 0 Å². The van der Waals surface area contributed by atoms with Crippen LogP contribution < -0.4 is 0 Å². The highest BCUT2D eigenvalue weighted by atomic mass is 35.5. The Balaban J connectivity index is 1.90. The summed E-state index contributed by atoms with van der Waals surface area (Å²) in [7, 11) is 1.35. The molecule has 4 aromatic rings. The molecule has 0 N–H and O–H groups in total. The Labute approximate surface area is 141 Å². The molecule has 2 aromatic carbocycles. The predicted molar refractivity (Wildman–Crippen MR) is 90.1 cm³/mol. The zero-order valence-corrected chi connectivity index (χ0v) is 13.4. The molecule has 4 rings (SSSR count). The summed E-state index contributed by atoms with van der Waals surface area (Å²) >= 11 is 6.29. The van der Waals surface area contributed by atoms with Crippen molar-refractivity contribution in [2.75, 3.05) is 7.11 Å². The molecule has 0 unspecified atom stereocenters. The maximum absolute atomic E-state index is 11.5. The third kappa shape index (κ3) is 2.19. The number of ether oxygens (including phenoxy) is 1. The van der Waals surface area contributed by atoms with Gasteiger partial charge in [0.25, 0.3) is 0 Å². The Morgan fingerprint density at radius 1 is 1.04 bits per heavy atom. The van der Waals surface area contributed by atoms with Crippen LogP contribution in [0.3, 0.4) is 0 Å². The topological polar surface area (TPSA) is 69.4 Å². The average Bonchev–Trinajstić information content (AvgIpc) is 3.05. The van der Waals surface area contributed by atoms with E-state index in [1.54, 1.807) is 28.8 Å². The van der Waals surface area contributed by atoms with Crippen LogP contribution in [-0.2, 0) is 4.74 Å². The number of carbonyl (C=O) groups excluding carboxylic acids is 1. The van der Waals surface area contributed by atoms with Crippen molar-refractivity contribution in [1.29, 1.82) is 0 Å². The van der Waals surface area contributed by atoms with Crippen molar-refractivity contribution in [3.63, 3.8) is 0 Å². The van der Waals surface area contributed by atoms with E-state index in [1.165, 1.54) is 7.11 Å². The zero-order chi connectivity index (χ0) is 16.7. The maximum atomic E-state index is 11.5. The highest BCUT2D eigenvalue weighted by Gasteiger charge is 2.15. The van der Waals surface area contributed by atoms with Crippen LogP contribution in [0.15, 0.2) is 48.5 Å². The number of benzene rings is 2. The van der Waals surface area contributed by atoms with Gasteiger partial charge in [0.2, 0.25) is 0 Å². The van der Waals surface area contributed by atoms with Gasteiger partial charge in [-0.05, 0) is 12.1 Å². The molecule has 0 saturated carbocycles. The molecule has 7 heteroatoms. The van der Waals surface area contributed by atoms with Crippen LogP contribution in [-0.4, -0.2) is 32.9 Å². The van der Waals surface area contributed by atoms with Gasteiger partial charge in [-0.15, -0.1) is 10.2 Å². The van der Waals surface area contributed by atoms with Gasteiger partial charge >= 0.3 is 5.97 Å². The first-order valence-corrected chi connectivity index (χ1v) is 7.55. The van der Waals surface area contributed by atoms with Crippen LogP contribution in [0.1, 0.15) is 10.4 Å². The Kier molecular flexibility index (Phi) is 3.39. The van der Waals surface area contributed by atoms with Gasteiger partial charge in [0.1, 0.15) is 0 Å². The summed E-state index contributed by atoms with van der Waals surface area (Å²) in [5.74, 6) is 0.161. The van der Waals surface area contributed by atoms with E-state index < -0.39 is 0 Å². The molecule has 0 aliphatic rings. The largest absolute Gasteiger partial charge is 0.465 e. The van der Waals surface area contributed by atoms with Gasteiger partial charge < -0.3 is 4.74 Å². The summed E-state index contributed by atoms with van der Waals surface area (Å²) < 4.78 is 6.31. The number of aromatic nitrogens is 4. The lowest BCUT2D eigenvalue weighted by molar-refractivity contribution is 0.0601. The molecule has 0 amide bonds. The molecule has 0 radical (unpaired) electrons. The third-order valence-corrected chi connectivity index (χ3v) is 4.06. The third-order valence-electron chi connectivity index (χ3n) is 3.78. The fourth-order valence-electron chi connectivity index (χ4n) is 2.60. The minimum Gasteiger partial charge on any atom is -0.465 e. The summed E-state index contributed by atoms with van der Waals surface area (Å²) in [6.07, 6.45) is 0. The van der Waals surface area contributed by atoms with Crippen molar-refractivity contribution >= 4 is 34.0 Å². The molecular formula is C17H11ClN4O2. The number of methoxy groups -OCH3 is 1. The van der Waals surface area contributed by atoms with Crippen molar-refractivity contribution in [2.24, 2.45) is 0 Å². The van der Waals surface area contributed by atoms with E-state index in [9.17, 15) is 4.79 Å². The van der Waals surface area contributed by atoms with Gasteiger partial charge in [-0.3, -0.25) is 0 Å². The summed E-state index contributed by atoms with van der Waals surface area (Å²) in [5.41, 5.74) is 1.86. The van der Waals surface area contributed by atoms with E-state index in [0.717, 1.165) is 16.3 Å². The minimum atomic E-state index is -0.389. The summed E-state index contributed by atoms with van der Waals surface area (Å²) in [6, 6.07) is 14.5. The van der Waals surface area contributed by atoms with Gasteiger partial charge in [0.05, 0.1) is 12.7 Å². The molecular weight excluding hydrogens is 328 g/mol. The quantitative estimate of drug-likeness (QED) is 0.524. The number of nitrogens with zero attached hydrogens (tertiary/aromatic N) is 4. The number of carbonyl (C=O) groups is 1. The molecule has 0 spiro atoms. The molecule has 24 heavy (non-hydrogen) atoms. The van der Waals surface area contributed by atoms with Gasteiger partial charge in [-0.1, -0.05) is 48.0 Å². The number of hydrogen-bond acceptors (Lipinski definition) is 5. The first-order valence-electron chi connectivity index (χ1n) is 7.17. The van der Waals surface area contributed by atoms with Crippen LogP contribution in [0.4, 0.5) is 0 Å². The second kappa shape index (κ2) is 5.58. The number of rotatable bonds is 2. The normalized spacial score (nSPS) is 11.1. The molecule has 6 nitrogen and oxygen atoms in total. The fourth-order valence-corrected chi connectivity index (χ4v) is 2.84. The first kappa shape index (κ1) is 14.6. The number of fused-ring (bicyclic) bond motifs is 3. The Morgan fingerprint density at radius 2 is 1.75 bits per heavy atom. The molecule has 2 heterocycles. The van der Waals surface area contributed by atoms with E-state index in [1.807, 2.05) is 24.3 Å². The first-order chi connectivity index (χ1) is 11.7. The van der Waals surface area contributed by atoms with E-state index in [2.05, 4.69) is 15.3 Å². The molecule has 0 aliphatic carbocycles. The summed E-state index contributed by atoms with van der Waals surface area (Å²) in [6.45, 7) is 0. The molecule has 0 bridgehead atoms. The van der Waals surface area contributed by atoms with Gasteiger partial charge in [-0.2, -0.15) is 9.61 Å². The predicted octanol–water partition coefficient (Wildman–Crippen LogP) is 3.38. The number of esters is 1. The smallest absolute Gasteiger partial charge is 0.337 e. The SMILES string of the molecule is COC(=O)c1ccc(-c2nnc3c4ccccc4c(Cl)nn23)cc1. The Bertz CT molecular complexity index is 1070. The van der Waals surface area contributed by atoms with Gasteiger partial charge in [0.15, 0.2) is 16.6 Å². The van der Waals surface area contributed by atoms with Crippen LogP contribution in [0.2, 0.25) is 5.15 Å². The van der Waals surface area contributed by atoms with Crippen molar-refractivity contribution in [1.82, 2.24) is 19.8 Å². The van der Waals surface area contributed by atoms with Gasteiger partial charge in [0, 0.05) is 16.3 Å². The van der Waals surface area contributed by atoms with E-state index in [0.29, 0.717) is 22.2 Å². The highest BCUT2D eigenvalue weighted by molar-refractivity contribution is 6.34. The van der Waals surface area contributed by atoms with E-state index in [4.69, 9.17) is 16.3 Å². The Morgan fingerprint density at radius 3 is 2.46 bits per heavy atom.